The van der Waals surface area contributed by atoms with Crippen molar-refractivity contribution in [3.63, 3.8) is 0 Å². The molecule has 0 saturated carbocycles. The lowest BCUT2D eigenvalue weighted by molar-refractivity contribution is -0.192. The van der Waals surface area contributed by atoms with Crippen LogP contribution in [0.4, 0.5) is 0 Å². The monoisotopic (exact) mass is 516 g/mol. The molecule has 0 spiro atoms. The van der Waals surface area contributed by atoms with Crippen molar-refractivity contribution in [1.29, 1.82) is 0 Å². The zero-order valence-corrected chi connectivity index (χ0v) is 19.7. The number of thioether (sulfide) groups is 3. The van der Waals surface area contributed by atoms with E-state index in [2.05, 4.69) is 31.0 Å². The molecule has 32 heavy (non-hydrogen) atoms. The van der Waals surface area contributed by atoms with Crippen LogP contribution in [0.15, 0.2) is 27.4 Å². The number of tetrazole rings is 1. The molecule has 2 atom stereocenters. The van der Waals surface area contributed by atoms with Crippen LogP contribution in [0.5, 0.6) is 0 Å². The van der Waals surface area contributed by atoms with Gasteiger partial charge in [0.15, 0.2) is 4.34 Å². The van der Waals surface area contributed by atoms with Gasteiger partial charge in [-0.25, -0.2) is 9.48 Å². The molecule has 2 N–H and O–H groups in total. The van der Waals surface area contributed by atoms with Crippen LogP contribution in [0.3, 0.4) is 0 Å². The van der Waals surface area contributed by atoms with E-state index in [1.54, 1.807) is 5.51 Å². The summed E-state index contributed by atoms with van der Waals surface area (Å²) in [6.07, 6.45) is 1.42. The molecule has 2 aliphatic rings. The molecule has 13 nitrogen and oxygen atoms in total. The molecular formula is C15H16N8O5S4. The molecule has 170 valence electrons. The van der Waals surface area contributed by atoms with Gasteiger partial charge in [0.1, 0.15) is 22.9 Å². The van der Waals surface area contributed by atoms with E-state index >= 15 is 0 Å². The molecular weight excluding hydrogens is 500 g/mol. The summed E-state index contributed by atoms with van der Waals surface area (Å²) >= 11 is 5.31. The highest BCUT2D eigenvalue weighted by Gasteiger charge is 2.66. The maximum absolute atomic E-state index is 13.0. The number of carbonyl (C=O) groups is 3. The number of hydrogen-bond donors (Lipinski definition) is 2. The Kier molecular flexibility index (Phi) is 6.99. The van der Waals surface area contributed by atoms with Gasteiger partial charge in [0.2, 0.25) is 5.91 Å². The molecule has 4 rings (SSSR count). The van der Waals surface area contributed by atoms with Gasteiger partial charge in [-0.2, -0.15) is 0 Å². The third-order valence-corrected chi connectivity index (χ3v) is 8.75. The molecule has 0 aliphatic carbocycles. The molecule has 1 fully saturated rings. The third-order valence-electron chi connectivity index (χ3n) is 4.52. The fraction of sp³-hybridized carbons (Fsp3) is 0.467. The Bertz CT molecular complexity index is 1030. The fourth-order valence-electron chi connectivity index (χ4n) is 3.14. The van der Waals surface area contributed by atoms with E-state index in [0.29, 0.717) is 27.3 Å². The minimum absolute atomic E-state index is 0.0427. The predicted octanol–water partition coefficient (Wildman–Crippen LogP) is -0.280. The van der Waals surface area contributed by atoms with Gasteiger partial charge < -0.3 is 15.2 Å². The lowest BCUT2D eigenvalue weighted by Crippen LogP contribution is -2.80. The zero-order valence-electron chi connectivity index (χ0n) is 16.4. The Balaban J connectivity index is 1.43. The minimum atomic E-state index is -1.62. The van der Waals surface area contributed by atoms with Crippen LogP contribution < -0.4 is 5.32 Å². The molecule has 0 radical (unpaired) electrons. The number of ether oxygens (including phenoxy) is 1. The number of carboxylic acid groups (broad SMARTS) is 1. The average Bonchev–Trinajstić information content (AvgIpc) is 3.49. The molecule has 2 aromatic rings. The second-order valence-electron chi connectivity index (χ2n) is 6.40. The summed E-state index contributed by atoms with van der Waals surface area (Å²) in [5.74, 6) is -1.10. The van der Waals surface area contributed by atoms with Gasteiger partial charge >= 0.3 is 5.97 Å². The molecule has 1 saturated heterocycles. The lowest BCUT2D eigenvalue weighted by atomic mass is 9.98. The van der Waals surface area contributed by atoms with Gasteiger partial charge in [-0.15, -0.1) is 38.8 Å². The molecule has 0 bridgehead atoms. The van der Waals surface area contributed by atoms with E-state index < -0.39 is 28.9 Å². The number of aliphatic carboxylic acids is 1. The number of carboxylic acids is 1. The number of amides is 2. The number of rotatable bonds is 10. The first kappa shape index (κ1) is 23.0. The van der Waals surface area contributed by atoms with E-state index in [1.807, 2.05) is 0 Å². The van der Waals surface area contributed by atoms with Gasteiger partial charge in [0.05, 0.1) is 11.6 Å². The number of nitrogens with one attached hydrogen (secondary N) is 1. The SMILES string of the molecule is CO[C@]1(NC(=O)CSCn2cnnn2)C(=O)N2C(C(=O)O)=C(CSc3nncs3)CSC21. The lowest BCUT2D eigenvalue weighted by Gasteiger charge is -2.55. The molecule has 2 aromatic heterocycles. The zero-order chi connectivity index (χ0) is 22.7. The number of methoxy groups -OCH3 is 1. The largest absolute Gasteiger partial charge is 0.477 e. The topological polar surface area (TPSA) is 165 Å². The first-order chi connectivity index (χ1) is 15.5. The van der Waals surface area contributed by atoms with Gasteiger partial charge in [-0.1, -0.05) is 23.1 Å². The van der Waals surface area contributed by atoms with Crippen LogP contribution in [0, 0.1) is 0 Å². The van der Waals surface area contributed by atoms with Gasteiger partial charge in [-0.05, 0) is 16.0 Å². The maximum atomic E-state index is 13.0. The molecule has 2 aliphatic heterocycles. The summed E-state index contributed by atoms with van der Waals surface area (Å²) in [7, 11) is 1.31. The van der Waals surface area contributed by atoms with Crippen LogP contribution in [-0.2, 0) is 25.0 Å². The first-order valence-electron chi connectivity index (χ1n) is 8.90. The minimum Gasteiger partial charge on any atom is -0.477 e. The van der Waals surface area contributed by atoms with E-state index in [4.69, 9.17) is 4.74 Å². The summed E-state index contributed by atoms with van der Waals surface area (Å²) in [6.45, 7) is 0. The molecule has 2 amide bonds. The highest BCUT2D eigenvalue weighted by Crippen LogP contribution is 2.47. The van der Waals surface area contributed by atoms with Crippen molar-refractivity contribution >= 4 is 64.4 Å². The standard InChI is InChI=1S/C15H16N8O5S4/c1-28-15(18-9(24)4-29-7-22-5-16-20-21-22)12(27)23-10(11(25)26)8(2-30-13(15)23)3-31-14-19-17-6-32-14/h5-6,13H,2-4,7H2,1H3,(H,18,24)(H,25,26)/t13?,15-/m1/s1. The highest BCUT2D eigenvalue weighted by molar-refractivity contribution is 8.01. The Labute approximate surface area is 197 Å². The van der Waals surface area contributed by atoms with Crippen LogP contribution >= 0.6 is 46.6 Å². The smallest absolute Gasteiger partial charge is 0.352 e. The number of carbonyl (C=O) groups excluding carboxylic acids is 2. The van der Waals surface area contributed by atoms with E-state index in [9.17, 15) is 19.5 Å². The number of aromatic nitrogens is 6. The Morgan fingerprint density at radius 3 is 2.94 bits per heavy atom. The van der Waals surface area contributed by atoms with Crippen molar-refractivity contribution in [2.45, 2.75) is 21.3 Å². The summed E-state index contributed by atoms with van der Waals surface area (Å²) < 4.78 is 7.60. The van der Waals surface area contributed by atoms with Gasteiger partial charge in [-0.3, -0.25) is 14.5 Å². The number of β-lactam (4-membered cyclic amide) rings is 1. The van der Waals surface area contributed by atoms with Crippen molar-refractivity contribution in [2.24, 2.45) is 0 Å². The summed E-state index contributed by atoms with van der Waals surface area (Å²) in [5, 5.41) is 30.2. The van der Waals surface area contributed by atoms with Crippen molar-refractivity contribution in [2.75, 3.05) is 24.4 Å². The third kappa shape index (κ3) is 4.34. The number of nitrogens with zero attached hydrogens (tertiary/aromatic N) is 7. The fourth-order valence-corrected chi connectivity index (χ4v) is 6.86. The Morgan fingerprint density at radius 2 is 2.28 bits per heavy atom. The summed E-state index contributed by atoms with van der Waals surface area (Å²) in [4.78, 5) is 38.7. The van der Waals surface area contributed by atoms with E-state index in [1.165, 1.54) is 69.6 Å². The van der Waals surface area contributed by atoms with Crippen LogP contribution in [0.2, 0.25) is 0 Å². The van der Waals surface area contributed by atoms with Gasteiger partial charge in [0, 0.05) is 18.6 Å². The molecule has 0 aromatic carbocycles. The first-order valence-corrected chi connectivity index (χ1v) is 13.0. The van der Waals surface area contributed by atoms with Crippen LogP contribution in [0.25, 0.3) is 0 Å². The number of hydrogen-bond acceptors (Lipinski definition) is 13. The predicted molar refractivity (Wildman–Crippen MR) is 117 cm³/mol. The summed E-state index contributed by atoms with van der Waals surface area (Å²) in [6, 6.07) is 0. The number of fused-ring (bicyclic) bond motifs is 1. The average molecular weight is 517 g/mol. The van der Waals surface area contributed by atoms with Crippen molar-refractivity contribution in [1.82, 2.24) is 40.6 Å². The molecule has 17 heteroatoms. The van der Waals surface area contributed by atoms with Crippen molar-refractivity contribution < 1.29 is 24.2 Å². The normalized spacial score (nSPS) is 22.5. The molecule has 1 unspecified atom stereocenters. The second kappa shape index (κ2) is 9.74. The maximum Gasteiger partial charge on any atom is 0.352 e. The van der Waals surface area contributed by atoms with Crippen molar-refractivity contribution in [3.05, 3.63) is 23.1 Å². The Morgan fingerprint density at radius 1 is 1.44 bits per heavy atom. The van der Waals surface area contributed by atoms with E-state index in [-0.39, 0.29) is 11.4 Å². The highest BCUT2D eigenvalue weighted by atomic mass is 32.2. The van der Waals surface area contributed by atoms with Crippen LogP contribution in [-0.4, -0.2) is 93.7 Å². The quantitative estimate of drug-likeness (QED) is 0.241. The van der Waals surface area contributed by atoms with Gasteiger partial charge in [0.25, 0.3) is 11.6 Å². The second-order valence-corrected chi connectivity index (χ2v) is 10.5. The van der Waals surface area contributed by atoms with E-state index in [0.717, 1.165) is 0 Å². The summed E-state index contributed by atoms with van der Waals surface area (Å²) in [5.41, 5.74) is 0.498. The van der Waals surface area contributed by atoms with Crippen molar-refractivity contribution in [3.8, 4) is 0 Å². The Hall–Kier alpha value is -2.21. The molecule has 4 heterocycles. The van der Waals surface area contributed by atoms with Crippen LogP contribution in [0.1, 0.15) is 0 Å².